The lowest BCUT2D eigenvalue weighted by molar-refractivity contribution is -0.148. The van der Waals surface area contributed by atoms with Crippen molar-refractivity contribution in [3.05, 3.63) is 0 Å². The fraction of sp³-hybridized carbons (Fsp3) is 0.909. The van der Waals surface area contributed by atoms with E-state index in [1.165, 1.54) is 7.11 Å². The number of ether oxygens (including phenoxy) is 2. The predicted octanol–water partition coefficient (Wildman–Crippen LogP) is 1.59. The van der Waals surface area contributed by atoms with E-state index in [1.807, 2.05) is 0 Å². The van der Waals surface area contributed by atoms with Crippen molar-refractivity contribution in [2.75, 3.05) is 27.4 Å². The number of methoxy groups -OCH3 is 1. The highest BCUT2D eigenvalue weighted by Gasteiger charge is 2.31. The second-order valence-electron chi connectivity index (χ2n) is 4.00. The highest BCUT2D eigenvalue weighted by Crippen LogP contribution is 2.15. The number of unbranched alkanes of at least 4 members (excludes halogenated alkanes) is 1. The van der Waals surface area contributed by atoms with E-state index in [4.69, 9.17) is 4.74 Å². The number of likely N-dealkylation sites (N-methyl/N-ethyl adjacent to an activating group) is 1. The number of nitrogens with one attached hydrogen (secondary N) is 1. The molecule has 0 saturated heterocycles. The van der Waals surface area contributed by atoms with Crippen LogP contribution in [0.25, 0.3) is 0 Å². The Balaban J connectivity index is 3.74. The quantitative estimate of drug-likeness (QED) is 0.501. The third kappa shape index (κ3) is 6.53. The standard InChI is InChI=1S/C11H21F2NO3/c1-11(14-2,10(15)16-3)6-4-5-7-17-8-9(12)13/h9,14H,4-8H2,1-3H3. The summed E-state index contributed by atoms with van der Waals surface area (Å²) < 4.78 is 32.9. The number of carbonyl (C=O) groups is 1. The lowest BCUT2D eigenvalue weighted by Gasteiger charge is -2.25. The van der Waals surface area contributed by atoms with Crippen molar-refractivity contribution in [2.24, 2.45) is 0 Å². The Morgan fingerprint density at radius 3 is 2.53 bits per heavy atom. The molecule has 6 heteroatoms. The summed E-state index contributed by atoms with van der Waals surface area (Å²) in [6.45, 7) is 1.50. The first-order valence-electron chi connectivity index (χ1n) is 5.59. The lowest BCUT2D eigenvalue weighted by Crippen LogP contribution is -2.48. The van der Waals surface area contributed by atoms with Gasteiger partial charge in [-0.2, -0.15) is 0 Å². The zero-order valence-corrected chi connectivity index (χ0v) is 10.6. The molecule has 0 aromatic heterocycles. The maximum absolute atomic E-state index is 11.7. The summed E-state index contributed by atoms with van der Waals surface area (Å²) in [7, 11) is 3.02. The van der Waals surface area contributed by atoms with E-state index in [1.54, 1.807) is 14.0 Å². The van der Waals surface area contributed by atoms with Gasteiger partial charge in [-0.15, -0.1) is 0 Å². The molecule has 4 nitrogen and oxygen atoms in total. The Hall–Kier alpha value is -0.750. The van der Waals surface area contributed by atoms with Crippen molar-refractivity contribution >= 4 is 5.97 Å². The van der Waals surface area contributed by atoms with Crippen molar-refractivity contribution < 1.29 is 23.0 Å². The normalized spacial score (nSPS) is 14.7. The van der Waals surface area contributed by atoms with Gasteiger partial charge in [-0.3, -0.25) is 4.79 Å². The Bertz CT molecular complexity index is 227. The molecule has 17 heavy (non-hydrogen) atoms. The first-order valence-corrected chi connectivity index (χ1v) is 5.59. The van der Waals surface area contributed by atoms with Crippen LogP contribution in [-0.2, 0) is 14.3 Å². The minimum atomic E-state index is -2.42. The number of halogens is 2. The Morgan fingerprint density at radius 2 is 2.06 bits per heavy atom. The van der Waals surface area contributed by atoms with Crippen LogP contribution in [-0.4, -0.2) is 45.3 Å². The van der Waals surface area contributed by atoms with Crippen LogP contribution in [0.1, 0.15) is 26.2 Å². The molecule has 0 heterocycles. The van der Waals surface area contributed by atoms with Gasteiger partial charge in [0.1, 0.15) is 12.1 Å². The van der Waals surface area contributed by atoms with E-state index in [9.17, 15) is 13.6 Å². The zero-order valence-electron chi connectivity index (χ0n) is 10.6. The molecule has 0 saturated carbocycles. The molecule has 0 aliphatic rings. The van der Waals surface area contributed by atoms with Gasteiger partial charge >= 0.3 is 5.97 Å². The largest absolute Gasteiger partial charge is 0.468 e. The van der Waals surface area contributed by atoms with Gasteiger partial charge in [0, 0.05) is 6.61 Å². The molecule has 0 aromatic carbocycles. The van der Waals surface area contributed by atoms with Crippen LogP contribution < -0.4 is 5.32 Å². The topological polar surface area (TPSA) is 47.6 Å². The summed E-state index contributed by atoms with van der Waals surface area (Å²) in [5.41, 5.74) is -0.725. The first-order chi connectivity index (χ1) is 7.96. The van der Waals surface area contributed by atoms with Crippen LogP contribution in [0.15, 0.2) is 0 Å². The molecule has 0 aliphatic carbocycles. The third-order valence-electron chi connectivity index (χ3n) is 2.65. The minimum Gasteiger partial charge on any atom is -0.468 e. The summed E-state index contributed by atoms with van der Waals surface area (Å²) in [6.07, 6.45) is -0.502. The molecule has 0 bridgehead atoms. The van der Waals surface area contributed by atoms with Gasteiger partial charge in [-0.25, -0.2) is 8.78 Å². The van der Waals surface area contributed by atoms with E-state index in [0.29, 0.717) is 19.3 Å². The lowest BCUT2D eigenvalue weighted by atomic mass is 9.95. The number of esters is 1. The van der Waals surface area contributed by atoms with Crippen LogP contribution in [0.2, 0.25) is 0 Å². The molecule has 0 aliphatic heterocycles. The summed E-state index contributed by atoms with van der Waals surface area (Å²) in [6, 6.07) is 0. The molecule has 102 valence electrons. The number of carbonyl (C=O) groups excluding carboxylic acids is 1. The van der Waals surface area contributed by atoms with Gasteiger partial charge < -0.3 is 14.8 Å². The Labute approximate surface area is 101 Å². The van der Waals surface area contributed by atoms with E-state index in [0.717, 1.165) is 0 Å². The molecule has 0 amide bonds. The number of alkyl halides is 2. The van der Waals surface area contributed by atoms with Crippen LogP contribution in [0.4, 0.5) is 8.78 Å². The van der Waals surface area contributed by atoms with Gasteiger partial charge in [0.05, 0.1) is 7.11 Å². The fourth-order valence-electron chi connectivity index (χ4n) is 1.41. The SMILES string of the molecule is CNC(C)(CCCCOCC(F)F)C(=O)OC. The van der Waals surface area contributed by atoms with Crippen LogP contribution in [0, 0.1) is 0 Å². The molecule has 0 spiro atoms. The van der Waals surface area contributed by atoms with Gasteiger partial charge in [-0.05, 0) is 33.2 Å². The second kappa shape index (κ2) is 8.36. The maximum Gasteiger partial charge on any atom is 0.325 e. The maximum atomic E-state index is 11.7. The third-order valence-corrected chi connectivity index (χ3v) is 2.65. The van der Waals surface area contributed by atoms with E-state index in [-0.39, 0.29) is 12.6 Å². The van der Waals surface area contributed by atoms with Gasteiger partial charge in [0.15, 0.2) is 0 Å². The molecule has 1 N–H and O–H groups in total. The molecule has 0 rings (SSSR count). The van der Waals surface area contributed by atoms with Crippen LogP contribution in [0.3, 0.4) is 0 Å². The Kier molecular flexibility index (Phi) is 7.99. The average molecular weight is 253 g/mol. The molecular weight excluding hydrogens is 232 g/mol. The van der Waals surface area contributed by atoms with Gasteiger partial charge in [0.25, 0.3) is 6.43 Å². The van der Waals surface area contributed by atoms with E-state index in [2.05, 4.69) is 10.1 Å². The van der Waals surface area contributed by atoms with Gasteiger partial charge in [-0.1, -0.05) is 0 Å². The Morgan fingerprint density at radius 1 is 1.41 bits per heavy atom. The molecule has 1 atom stereocenters. The van der Waals surface area contributed by atoms with Crippen molar-refractivity contribution in [1.29, 1.82) is 0 Å². The number of hydrogen-bond acceptors (Lipinski definition) is 4. The molecular formula is C11H21F2NO3. The van der Waals surface area contributed by atoms with Crippen LogP contribution in [0.5, 0.6) is 0 Å². The van der Waals surface area contributed by atoms with E-state index < -0.39 is 18.6 Å². The highest BCUT2D eigenvalue weighted by molar-refractivity contribution is 5.80. The van der Waals surface area contributed by atoms with Crippen molar-refractivity contribution in [2.45, 2.75) is 38.2 Å². The van der Waals surface area contributed by atoms with Crippen LogP contribution >= 0.6 is 0 Å². The molecule has 0 radical (unpaired) electrons. The predicted molar refractivity (Wildman–Crippen MR) is 60.2 cm³/mol. The second-order valence-corrected chi connectivity index (χ2v) is 4.00. The molecule has 0 fully saturated rings. The van der Waals surface area contributed by atoms with Crippen molar-refractivity contribution in [3.63, 3.8) is 0 Å². The summed E-state index contributed by atoms with van der Waals surface area (Å²) in [4.78, 5) is 11.5. The average Bonchev–Trinajstić information content (AvgIpc) is 2.31. The molecule has 0 aromatic rings. The minimum absolute atomic E-state index is 0.283. The number of hydrogen-bond donors (Lipinski definition) is 1. The molecule has 1 unspecified atom stereocenters. The highest BCUT2D eigenvalue weighted by atomic mass is 19.3. The first kappa shape index (κ1) is 16.2. The van der Waals surface area contributed by atoms with E-state index >= 15 is 0 Å². The monoisotopic (exact) mass is 253 g/mol. The zero-order chi connectivity index (χ0) is 13.3. The van der Waals surface area contributed by atoms with Crippen molar-refractivity contribution in [3.8, 4) is 0 Å². The summed E-state index contributed by atoms with van der Waals surface area (Å²) >= 11 is 0. The number of rotatable bonds is 9. The van der Waals surface area contributed by atoms with Gasteiger partial charge in [0.2, 0.25) is 0 Å². The summed E-state index contributed by atoms with van der Waals surface area (Å²) in [5.74, 6) is -0.325. The summed E-state index contributed by atoms with van der Waals surface area (Å²) in [5, 5.41) is 2.90. The fourth-order valence-corrected chi connectivity index (χ4v) is 1.41. The smallest absolute Gasteiger partial charge is 0.325 e. The van der Waals surface area contributed by atoms with Crippen molar-refractivity contribution in [1.82, 2.24) is 5.32 Å².